The lowest BCUT2D eigenvalue weighted by atomic mass is 10.2. The van der Waals surface area contributed by atoms with E-state index in [0.717, 1.165) is 16.7 Å². The van der Waals surface area contributed by atoms with Crippen LogP contribution in [0, 0.1) is 0 Å². The maximum absolute atomic E-state index is 5.81. The number of aromatic nitrogens is 1. The molecule has 1 aromatic carbocycles. The molecule has 1 fully saturated rings. The first-order valence-electron chi connectivity index (χ1n) is 6.09. The predicted octanol–water partition coefficient (Wildman–Crippen LogP) is 2.03. The Morgan fingerprint density at radius 1 is 1.22 bits per heavy atom. The van der Waals surface area contributed by atoms with Gasteiger partial charge in [0.05, 0.1) is 25.3 Å². The zero-order valence-electron chi connectivity index (χ0n) is 10.0. The third kappa shape index (κ3) is 2.44. The van der Waals surface area contributed by atoms with Crippen molar-refractivity contribution in [3.05, 3.63) is 36.5 Å². The fourth-order valence-corrected chi connectivity index (χ4v) is 2.02. The molecule has 0 aliphatic carbocycles. The second-order valence-corrected chi connectivity index (χ2v) is 4.20. The van der Waals surface area contributed by atoms with Crippen LogP contribution < -0.4 is 4.74 Å². The number of pyridine rings is 1. The van der Waals surface area contributed by atoms with Crippen LogP contribution in [0.25, 0.3) is 10.9 Å². The average Bonchev–Trinajstić information content (AvgIpc) is 2.46. The van der Waals surface area contributed by atoms with Gasteiger partial charge in [0.2, 0.25) is 0 Å². The van der Waals surface area contributed by atoms with E-state index in [4.69, 9.17) is 14.2 Å². The van der Waals surface area contributed by atoms with E-state index in [1.807, 2.05) is 30.3 Å². The highest BCUT2D eigenvalue weighted by Crippen LogP contribution is 2.23. The van der Waals surface area contributed by atoms with Gasteiger partial charge in [-0.3, -0.25) is 4.98 Å². The lowest BCUT2D eigenvalue weighted by Crippen LogP contribution is -2.33. The molecule has 1 aliphatic rings. The summed E-state index contributed by atoms with van der Waals surface area (Å²) in [4.78, 5) is 4.30. The summed E-state index contributed by atoms with van der Waals surface area (Å²) in [5.74, 6) is 0.842. The lowest BCUT2D eigenvalue weighted by molar-refractivity contribution is -0.101. The summed E-state index contributed by atoms with van der Waals surface area (Å²) >= 11 is 0. The van der Waals surface area contributed by atoms with Crippen LogP contribution in [0.15, 0.2) is 36.5 Å². The molecule has 2 heterocycles. The molecule has 1 aliphatic heterocycles. The summed E-state index contributed by atoms with van der Waals surface area (Å²) in [6.07, 6.45) is 1.80. The molecular formula is C14H15NO3. The maximum atomic E-state index is 5.81. The number of hydrogen-bond acceptors (Lipinski definition) is 4. The Bertz CT molecular complexity index is 518. The Morgan fingerprint density at radius 3 is 3.11 bits per heavy atom. The van der Waals surface area contributed by atoms with E-state index in [1.54, 1.807) is 6.20 Å². The van der Waals surface area contributed by atoms with Crippen molar-refractivity contribution >= 4 is 10.9 Å². The van der Waals surface area contributed by atoms with Crippen molar-refractivity contribution in [1.29, 1.82) is 0 Å². The average molecular weight is 245 g/mol. The molecular weight excluding hydrogens is 230 g/mol. The van der Waals surface area contributed by atoms with Crippen LogP contribution in [0.4, 0.5) is 0 Å². The Kier molecular flexibility index (Phi) is 3.39. The van der Waals surface area contributed by atoms with Gasteiger partial charge in [0, 0.05) is 11.6 Å². The van der Waals surface area contributed by atoms with Crippen molar-refractivity contribution in [3.63, 3.8) is 0 Å². The van der Waals surface area contributed by atoms with Gasteiger partial charge in [0.1, 0.15) is 18.5 Å². The summed E-state index contributed by atoms with van der Waals surface area (Å²) in [5.41, 5.74) is 0.941. The van der Waals surface area contributed by atoms with Gasteiger partial charge in [0.25, 0.3) is 0 Å². The van der Waals surface area contributed by atoms with E-state index in [1.165, 1.54) is 0 Å². The summed E-state index contributed by atoms with van der Waals surface area (Å²) < 4.78 is 16.7. The van der Waals surface area contributed by atoms with E-state index in [2.05, 4.69) is 4.98 Å². The number of hydrogen-bond donors (Lipinski definition) is 0. The highest BCUT2D eigenvalue weighted by atomic mass is 16.6. The number of fused-ring (bicyclic) bond motifs is 1. The molecule has 1 aromatic heterocycles. The van der Waals surface area contributed by atoms with Gasteiger partial charge < -0.3 is 14.2 Å². The van der Waals surface area contributed by atoms with Crippen molar-refractivity contribution in [2.24, 2.45) is 0 Å². The lowest BCUT2D eigenvalue weighted by Gasteiger charge is -2.23. The third-order valence-corrected chi connectivity index (χ3v) is 2.92. The molecule has 1 saturated heterocycles. The molecule has 3 rings (SSSR count). The summed E-state index contributed by atoms with van der Waals surface area (Å²) in [5, 5.41) is 1.02. The number of rotatable bonds is 3. The zero-order valence-corrected chi connectivity index (χ0v) is 10.0. The van der Waals surface area contributed by atoms with Gasteiger partial charge in [-0.15, -0.1) is 0 Å². The smallest absolute Gasteiger partial charge is 0.128 e. The van der Waals surface area contributed by atoms with Crippen LogP contribution >= 0.6 is 0 Å². The normalized spacial score (nSPS) is 19.9. The predicted molar refractivity (Wildman–Crippen MR) is 67.8 cm³/mol. The second kappa shape index (κ2) is 5.33. The van der Waals surface area contributed by atoms with Crippen molar-refractivity contribution < 1.29 is 14.2 Å². The van der Waals surface area contributed by atoms with Gasteiger partial charge in [-0.2, -0.15) is 0 Å². The van der Waals surface area contributed by atoms with Crippen molar-refractivity contribution in [1.82, 2.24) is 4.98 Å². The molecule has 4 nitrogen and oxygen atoms in total. The first kappa shape index (κ1) is 11.4. The minimum atomic E-state index is 0.0191. The Labute approximate surface area is 105 Å². The van der Waals surface area contributed by atoms with Crippen LogP contribution in [-0.4, -0.2) is 37.5 Å². The molecule has 0 spiro atoms. The number of nitrogens with zero attached hydrogens (tertiary/aromatic N) is 1. The maximum Gasteiger partial charge on any atom is 0.128 e. The fourth-order valence-electron chi connectivity index (χ4n) is 2.02. The summed E-state index contributed by atoms with van der Waals surface area (Å²) in [6.45, 7) is 2.43. The Hall–Kier alpha value is -1.65. The van der Waals surface area contributed by atoms with Crippen LogP contribution in [0.2, 0.25) is 0 Å². The van der Waals surface area contributed by atoms with Crippen LogP contribution in [-0.2, 0) is 9.47 Å². The Morgan fingerprint density at radius 2 is 2.22 bits per heavy atom. The van der Waals surface area contributed by atoms with Crippen LogP contribution in [0.1, 0.15) is 0 Å². The topological polar surface area (TPSA) is 40.6 Å². The van der Waals surface area contributed by atoms with E-state index in [9.17, 15) is 0 Å². The van der Waals surface area contributed by atoms with Crippen LogP contribution in [0.3, 0.4) is 0 Å². The highest BCUT2D eigenvalue weighted by Gasteiger charge is 2.15. The van der Waals surface area contributed by atoms with Crippen LogP contribution in [0.5, 0.6) is 5.75 Å². The van der Waals surface area contributed by atoms with Gasteiger partial charge in [-0.05, 0) is 24.3 Å². The van der Waals surface area contributed by atoms with E-state index in [0.29, 0.717) is 26.4 Å². The van der Waals surface area contributed by atoms with Crippen molar-refractivity contribution in [2.45, 2.75) is 6.10 Å². The molecule has 4 heteroatoms. The molecule has 0 bridgehead atoms. The first-order valence-corrected chi connectivity index (χ1v) is 6.09. The molecule has 1 unspecified atom stereocenters. The van der Waals surface area contributed by atoms with Gasteiger partial charge in [-0.25, -0.2) is 0 Å². The minimum Gasteiger partial charge on any atom is -0.490 e. The SMILES string of the molecule is c1cc(OCC2COCCO2)c2cccnc2c1. The summed E-state index contributed by atoms with van der Waals surface area (Å²) in [6, 6.07) is 9.80. The van der Waals surface area contributed by atoms with Crippen molar-refractivity contribution in [3.8, 4) is 5.75 Å². The Balaban J connectivity index is 1.74. The molecule has 1 atom stereocenters. The van der Waals surface area contributed by atoms with Crippen molar-refractivity contribution in [2.75, 3.05) is 26.4 Å². The molecule has 0 saturated carbocycles. The molecule has 18 heavy (non-hydrogen) atoms. The molecule has 0 amide bonds. The quantitative estimate of drug-likeness (QED) is 0.829. The first-order chi connectivity index (χ1) is 8.93. The van der Waals surface area contributed by atoms with E-state index in [-0.39, 0.29) is 6.10 Å². The zero-order chi connectivity index (χ0) is 12.2. The minimum absolute atomic E-state index is 0.0191. The number of benzene rings is 1. The van der Waals surface area contributed by atoms with Gasteiger partial charge in [-0.1, -0.05) is 6.07 Å². The third-order valence-electron chi connectivity index (χ3n) is 2.92. The second-order valence-electron chi connectivity index (χ2n) is 4.20. The fraction of sp³-hybridized carbons (Fsp3) is 0.357. The molecule has 2 aromatic rings. The molecule has 0 N–H and O–H groups in total. The largest absolute Gasteiger partial charge is 0.490 e. The number of ether oxygens (including phenoxy) is 3. The van der Waals surface area contributed by atoms with E-state index < -0.39 is 0 Å². The standard InChI is InChI=1S/C14H15NO3/c1-4-13-12(3-2-6-15-13)14(5-1)18-10-11-9-16-7-8-17-11/h1-6,11H,7-10H2. The van der Waals surface area contributed by atoms with E-state index >= 15 is 0 Å². The molecule has 0 radical (unpaired) electrons. The van der Waals surface area contributed by atoms with Gasteiger partial charge in [0.15, 0.2) is 0 Å². The monoisotopic (exact) mass is 245 g/mol. The summed E-state index contributed by atoms with van der Waals surface area (Å²) in [7, 11) is 0. The highest BCUT2D eigenvalue weighted by molar-refractivity contribution is 5.84. The molecule has 94 valence electrons. The van der Waals surface area contributed by atoms with Gasteiger partial charge >= 0.3 is 0 Å².